The molecule has 0 unspecified atom stereocenters. The number of carbonyl (C=O) groups is 2. The molecular weight excluding hydrogens is 665 g/mol. The number of pyridine rings is 1. The van der Waals surface area contributed by atoms with Gasteiger partial charge >= 0.3 is 17.8 Å². The fourth-order valence-electron chi connectivity index (χ4n) is 5.59. The molecule has 2 aromatic heterocycles. The molecule has 0 saturated carbocycles. The van der Waals surface area contributed by atoms with E-state index in [1.54, 1.807) is 27.9 Å². The van der Waals surface area contributed by atoms with E-state index in [0.29, 0.717) is 17.6 Å². The van der Waals surface area contributed by atoms with Crippen LogP contribution < -0.4 is 20.8 Å². The summed E-state index contributed by atoms with van der Waals surface area (Å²) >= 11 is 6.38. The maximum Gasteiger partial charge on any atom is 0.408 e. The standard InChI is InChI=1S/C30H31ClF5N9O3/c1-16(30(34,35)36)41-27(47)48-13-21(17-5-7-19(31)20(11-17)45-24(23(32)33)39-15-40-45)44-25(46)29(42-26(44)37,14-28(2,3)4)18-6-8-22-38-9-10-43(22)12-18/h5-8,10-12,15-16,21,23H,9,13-14H2,1-4H3,(H2-,37,41,42,47)/p+1/t16-,21+,29+/m0/s1. The number of ether oxygens (including phenoxy) is 1. The molecule has 1 aromatic carbocycles. The number of aromatic nitrogens is 4. The predicted molar refractivity (Wildman–Crippen MR) is 161 cm³/mol. The van der Waals surface area contributed by atoms with Crippen molar-refractivity contribution in [1.82, 2.24) is 25.0 Å². The fraction of sp³-hybridized carbons (Fsp3) is 0.433. The van der Waals surface area contributed by atoms with Crippen LogP contribution in [0.4, 0.5) is 26.7 Å². The first-order chi connectivity index (χ1) is 22.4. The first-order valence-corrected chi connectivity index (χ1v) is 15.0. The van der Waals surface area contributed by atoms with Crippen molar-refractivity contribution < 1.29 is 40.5 Å². The van der Waals surface area contributed by atoms with Crippen LogP contribution in [-0.2, 0) is 15.1 Å². The summed E-state index contributed by atoms with van der Waals surface area (Å²) in [6.07, 6.45) is -4.58. The van der Waals surface area contributed by atoms with Gasteiger partial charge in [-0.25, -0.2) is 32.5 Å². The summed E-state index contributed by atoms with van der Waals surface area (Å²) in [5, 5.41) is 5.54. The number of guanidine groups is 1. The molecule has 0 fully saturated rings. The van der Waals surface area contributed by atoms with Crippen LogP contribution in [0.2, 0.25) is 5.02 Å². The van der Waals surface area contributed by atoms with Gasteiger partial charge in [0.15, 0.2) is 23.9 Å². The molecule has 2 aliphatic heterocycles. The van der Waals surface area contributed by atoms with Crippen LogP contribution in [0, 0.1) is 11.6 Å². The van der Waals surface area contributed by atoms with Gasteiger partial charge in [-0.05, 0) is 42.5 Å². The molecule has 2 amide bonds. The molecule has 48 heavy (non-hydrogen) atoms. The Kier molecular flexibility index (Phi) is 9.20. The molecule has 4 heterocycles. The van der Waals surface area contributed by atoms with Gasteiger partial charge in [-0.2, -0.15) is 18.3 Å². The van der Waals surface area contributed by atoms with E-state index in [4.69, 9.17) is 27.1 Å². The minimum atomic E-state index is -4.75. The number of alkyl halides is 5. The molecule has 3 atom stereocenters. The van der Waals surface area contributed by atoms with Gasteiger partial charge in [0, 0.05) is 11.6 Å². The number of nitrogens with zero attached hydrogens (tertiary/aromatic N) is 7. The highest BCUT2D eigenvalue weighted by molar-refractivity contribution is 6.32. The van der Waals surface area contributed by atoms with Crippen molar-refractivity contribution in [2.24, 2.45) is 21.1 Å². The van der Waals surface area contributed by atoms with Crippen LogP contribution in [0.15, 0.2) is 52.8 Å². The van der Waals surface area contributed by atoms with Crippen LogP contribution in [0.3, 0.4) is 0 Å². The number of fused-ring (bicyclic) bond motifs is 1. The summed E-state index contributed by atoms with van der Waals surface area (Å²) in [7, 11) is 0. The second-order valence-corrected chi connectivity index (χ2v) is 12.9. The number of nitrogens with one attached hydrogen (secondary N) is 1. The van der Waals surface area contributed by atoms with Crippen LogP contribution in [0.1, 0.15) is 63.5 Å². The number of amides is 2. The lowest BCUT2D eigenvalue weighted by Crippen LogP contribution is -2.49. The molecule has 3 aromatic rings. The molecule has 0 radical (unpaired) electrons. The molecule has 0 saturated heterocycles. The molecule has 0 aliphatic carbocycles. The number of hydrogen-bond donors (Lipinski definition) is 2. The Morgan fingerprint density at radius 2 is 1.94 bits per heavy atom. The molecule has 5 rings (SSSR count). The van der Waals surface area contributed by atoms with E-state index in [2.05, 4.69) is 15.1 Å². The summed E-state index contributed by atoms with van der Waals surface area (Å²) in [6.45, 7) is 6.20. The number of aliphatic imine (C=N–C) groups is 1. The van der Waals surface area contributed by atoms with Crippen molar-refractivity contribution in [2.45, 2.75) is 64.3 Å². The van der Waals surface area contributed by atoms with Crippen molar-refractivity contribution >= 4 is 29.6 Å². The summed E-state index contributed by atoms with van der Waals surface area (Å²) in [6, 6.07) is 3.99. The predicted octanol–water partition coefficient (Wildman–Crippen LogP) is 4.00. The fourth-order valence-corrected chi connectivity index (χ4v) is 5.79. The summed E-state index contributed by atoms with van der Waals surface area (Å²) < 4.78 is 74.7. The van der Waals surface area contributed by atoms with Crippen LogP contribution >= 0.6 is 11.6 Å². The van der Waals surface area contributed by atoms with E-state index in [1.807, 2.05) is 27.0 Å². The zero-order chi connectivity index (χ0) is 35.2. The van der Waals surface area contributed by atoms with Gasteiger partial charge in [0.25, 0.3) is 12.3 Å². The Morgan fingerprint density at radius 3 is 2.60 bits per heavy atom. The monoisotopic (exact) mass is 696 g/mol. The molecule has 18 heteroatoms. The maximum absolute atomic E-state index is 14.7. The van der Waals surface area contributed by atoms with E-state index in [1.165, 1.54) is 18.2 Å². The van der Waals surface area contributed by atoms with E-state index >= 15 is 0 Å². The Bertz CT molecular complexity index is 1890. The minimum Gasteiger partial charge on any atom is -0.447 e. The lowest BCUT2D eigenvalue weighted by molar-refractivity contribution is -0.522. The summed E-state index contributed by atoms with van der Waals surface area (Å²) in [5.74, 6) is -1.61. The Balaban J connectivity index is 1.61. The van der Waals surface area contributed by atoms with Crippen LogP contribution in [0.25, 0.3) is 5.69 Å². The topological polar surface area (TPSA) is 146 Å². The van der Waals surface area contributed by atoms with Gasteiger partial charge in [-0.3, -0.25) is 9.69 Å². The Morgan fingerprint density at radius 1 is 1.21 bits per heavy atom. The Labute approximate surface area is 275 Å². The average molecular weight is 697 g/mol. The Hall–Kier alpha value is -4.67. The third kappa shape index (κ3) is 6.81. The zero-order valence-corrected chi connectivity index (χ0v) is 26.9. The SMILES string of the molecule is C[C@H](NC(=O)OC[C@H](c1ccc(Cl)c(-n2ncnc2C(F)F)c1)N1C(=O)[C@@](CC(C)(C)C)(c2ccc3[n+](c2)=CCN=3)N=C1N)C(F)(F)F. The normalized spacial score (nSPS) is 19.0. The van der Waals surface area contributed by atoms with Crippen molar-refractivity contribution in [1.29, 1.82) is 0 Å². The van der Waals surface area contributed by atoms with Crippen LogP contribution in [-0.4, -0.2) is 63.0 Å². The first kappa shape index (κ1) is 34.7. The lowest BCUT2D eigenvalue weighted by atomic mass is 9.76. The molecule has 2 aliphatic rings. The van der Waals surface area contributed by atoms with Crippen molar-refractivity contribution in [2.75, 3.05) is 13.2 Å². The van der Waals surface area contributed by atoms with Crippen molar-refractivity contribution in [3.63, 3.8) is 0 Å². The van der Waals surface area contributed by atoms with Gasteiger partial charge in [-0.1, -0.05) is 43.4 Å². The molecule has 0 spiro atoms. The smallest absolute Gasteiger partial charge is 0.408 e. The van der Waals surface area contributed by atoms with Crippen molar-refractivity contribution in [3.05, 3.63) is 76.5 Å². The highest BCUT2D eigenvalue weighted by Gasteiger charge is 2.54. The third-order valence-electron chi connectivity index (χ3n) is 7.74. The van der Waals surface area contributed by atoms with Gasteiger partial charge in [-0.15, -0.1) is 0 Å². The highest BCUT2D eigenvalue weighted by atomic mass is 35.5. The molecule has 3 N–H and O–H groups in total. The quantitative estimate of drug-likeness (QED) is 0.256. The summed E-state index contributed by atoms with van der Waals surface area (Å²) in [4.78, 5) is 41.0. The number of rotatable bonds is 9. The van der Waals surface area contributed by atoms with Gasteiger partial charge in [0.1, 0.15) is 31.4 Å². The van der Waals surface area contributed by atoms with E-state index in [9.17, 15) is 31.5 Å². The van der Waals surface area contributed by atoms with Gasteiger partial charge in [0.05, 0.1) is 16.8 Å². The first-order valence-electron chi connectivity index (χ1n) is 14.6. The molecule has 0 bridgehead atoms. The molecule has 256 valence electrons. The number of alkyl carbamates (subject to hydrolysis) is 1. The number of halogens is 6. The lowest BCUT2D eigenvalue weighted by Gasteiger charge is -2.34. The number of benzene rings is 1. The number of carbonyl (C=O) groups excluding carboxylic acids is 2. The van der Waals surface area contributed by atoms with Gasteiger partial charge in [0.2, 0.25) is 0 Å². The van der Waals surface area contributed by atoms with E-state index < -0.39 is 60.1 Å². The molecule has 12 nitrogen and oxygen atoms in total. The molecular formula is C30H32ClF5N9O3+. The van der Waals surface area contributed by atoms with Crippen LogP contribution in [0.5, 0.6) is 0 Å². The maximum atomic E-state index is 14.7. The minimum absolute atomic E-state index is 0.0177. The summed E-state index contributed by atoms with van der Waals surface area (Å²) in [5.41, 5.74) is 5.69. The van der Waals surface area contributed by atoms with E-state index in [0.717, 1.165) is 22.8 Å². The number of nitrogens with two attached hydrogens (primary N) is 1. The second-order valence-electron chi connectivity index (χ2n) is 12.5. The second kappa shape index (κ2) is 12.7. The van der Waals surface area contributed by atoms with E-state index in [-0.39, 0.29) is 28.7 Å². The average Bonchev–Trinajstić information content (AvgIpc) is 3.72. The zero-order valence-electron chi connectivity index (χ0n) is 26.2. The van der Waals surface area contributed by atoms with Gasteiger partial charge < -0.3 is 15.8 Å². The van der Waals surface area contributed by atoms with Crippen molar-refractivity contribution in [3.8, 4) is 5.69 Å². The number of hydrogen-bond acceptors (Lipinski definition) is 8. The highest BCUT2D eigenvalue weighted by Crippen LogP contribution is 2.44. The largest absolute Gasteiger partial charge is 0.447 e. The third-order valence-corrected chi connectivity index (χ3v) is 8.06.